The van der Waals surface area contributed by atoms with E-state index in [1.54, 1.807) is 23.5 Å². The van der Waals surface area contributed by atoms with Crippen LogP contribution in [0.3, 0.4) is 0 Å². The Labute approximate surface area is 160 Å². The Morgan fingerprint density at radius 1 is 1.15 bits per heavy atom. The summed E-state index contributed by atoms with van der Waals surface area (Å²) in [6.07, 6.45) is 1.53. The number of fused-ring (bicyclic) bond motifs is 1. The van der Waals surface area contributed by atoms with Crippen molar-refractivity contribution in [2.75, 3.05) is 11.9 Å². The fourth-order valence-electron chi connectivity index (χ4n) is 2.04. The summed E-state index contributed by atoms with van der Waals surface area (Å²) in [6.45, 7) is -0.0895. The third-order valence-corrected chi connectivity index (χ3v) is 6.09. The van der Waals surface area contributed by atoms with E-state index >= 15 is 0 Å². The second-order valence-corrected chi connectivity index (χ2v) is 8.07. The lowest BCUT2D eigenvalue weighted by Gasteiger charge is -2.04. The van der Waals surface area contributed by atoms with Crippen LogP contribution in [0.2, 0.25) is 0 Å². The zero-order valence-corrected chi connectivity index (χ0v) is 15.6. The standard InChI is InChI=1S/C16H11N5O2S3/c22-12(8-23-10-4-2-1-3-5-10)19-15-20-21-16(26-15)25-14-13-11(6-7-24-13)17-9-18-14/h1-7,9H,8H2,(H,19,20,22). The maximum absolute atomic E-state index is 12.0. The van der Waals surface area contributed by atoms with Gasteiger partial charge in [0.1, 0.15) is 17.1 Å². The topological polar surface area (TPSA) is 89.9 Å². The summed E-state index contributed by atoms with van der Waals surface area (Å²) < 4.78 is 7.11. The summed E-state index contributed by atoms with van der Waals surface area (Å²) in [6, 6.07) is 11.1. The molecule has 0 spiro atoms. The van der Waals surface area contributed by atoms with E-state index in [4.69, 9.17) is 4.74 Å². The van der Waals surface area contributed by atoms with Crippen LogP contribution in [0.4, 0.5) is 5.13 Å². The Bertz CT molecular complexity index is 1030. The molecule has 10 heteroatoms. The van der Waals surface area contributed by atoms with Gasteiger partial charge in [-0.2, -0.15) is 0 Å². The first-order valence-electron chi connectivity index (χ1n) is 7.45. The Kier molecular flexibility index (Phi) is 5.04. The number of ether oxygens (including phenoxy) is 1. The average Bonchev–Trinajstić information content (AvgIpc) is 3.31. The number of nitrogens with one attached hydrogen (secondary N) is 1. The Balaban J connectivity index is 1.37. The molecule has 130 valence electrons. The lowest BCUT2D eigenvalue weighted by Crippen LogP contribution is -2.20. The molecule has 0 unspecified atom stereocenters. The Hall–Kier alpha value is -2.56. The van der Waals surface area contributed by atoms with Crippen LogP contribution in [0, 0.1) is 0 Å². The molecule has 1 amide bonds. The quantitative estimate of drug-likeness (QED) is 0.389. The van der Waals surface area contributed by atoms with Crippen LogP contribution >= 0.6 is 34.4 Å². The number of aromatic nitrogens is 4. The second-order valence-electron chi connectivity index (χ2n) is 4.94. The van der Waals surface area contributed by atoms with E-state index in [-0.39, 0.29) is 12.5 Å². The van der Waals surface area contributed by atoms with Crippen LogP contribution in [0.25, 0.3) is 10.2 Å². The Morgan fingerprint density at radius 3 is 2.92 bits per heavy atom. The molecule has 0 radical (unpaired) electrons. The molecule has 0 saturated heterocycles. The van der Waals surface area contributed by atoms with Crippen molar-refractivity contribution in [3.05, 3.63) is 48.1 Å². The molecular formula is C16H11N5O2S3. The van der Waals surface area contributed by atoms with Gasteiger partial charge in [-0.1, -0.05) is 29.5 Å². The highest BCUT2D eigenvalue weighted by atomic mass is 32.2. The lowest BCUT2D eigenvalue weighted by atomic mass is 10.3. The van der Waals surface area contributed by atoms with Crippen molar-refractivity contribution in [2.45, 2.75) is 9.37 Å². The van der Waals surface area contributed by atoms with E-state index in [1.165, 1.54) is 29.4 Å². The predicted molar refractivity (Wildman–Crippen MR) is 102 cm³/mol. The minimum Gasteiger partial charge on any atom is -0.484 e. The minimum atomic E-state index is -0.288. The van der Waals surface area contributed by atoms with Crippen LogP contribution in [-0.2, 0) is 4.79 Å². The lowest BCUT2D eigenvalue weighted by molar-refractivity contribution is -0.118. The summed E-state index contributed by atoms with van der Waals surface area (Å²) in [4.78, 5) is 20.5. The molecule has 0 fully saturated rings. The van der Waals surface area contributed by atoms with E-state index < -0.39 is 0 Å². The Morgan fingerprint density at radius 2 is 2.04 bits per heavy atom. The molecule has 4 aromatic rings. The van der Waals surface area contributed by atoms with Crippen molar-refractivity contribution >= 4 is 55.7 Å². The highest BCUT2D eigenvalue weighted by Gasteiger charge is 2.13. The largest absolute Gasteiger partial charge is 0.484 e. The number of rotatable bonds is 6. The molecule has 0 aliphatic rings. The van der Waals surface area contributed by atoms with Crippen molar-refractivity contribution in [1.82, 2.24) is 20.2 Å². The predicted octanol–water partition coefficient (Wildman–Crippen LogP) is 3.71. The zero-order chi connectivity index (χ0) is 17.8. The monoisotopic (exact) mass is 401 g/mol. The smallest absolute Gasteiger partial charge is 0.264 e. The second kappa shape index (κ2) is 7.77. The van der Waals surface area contributed by atoms with Crippen LogP contribution in [0.1, 0.15) is 0 Å². The van der Waals surface area contributed by atoms with E-state index in [1.807, 2.05) is 29.6 Å². The van der Waals surface area contributed by atoms with Crippen LogP contribution in [0.15, 0.2) is 57.5 Å². The summed E-state index contributed by atoms with van der Waals surface area (Å²) in [5, 5.41) is 14.0. The van der Waals surface area contributed by atoms with Gasteiger partial charge in [-0.3, -0.25) is 10.1 Å². The number of anilines is 1. The fraction of sp³-hybridized carbons (Fsp3) is 0.0625. The van der Waals surface area contributed by atoms with Gasteiger partial charge in [0.05, 0.1) is 10.2 Å². The molecule has 0 bridgehead atoms. The minimum absolute atomic E-state index is 0.0895. The number of hydrogen-bond donors (Lipinski definition) is 1. The number of carbonyl (C=O) groups excluding carboxylic acids is 1. The maximum Gasteiger partial charge on any atom is 0.264 e. The SMILES string of the molecule is O=C(COc1ccccc1)Nc1nnc(Sc2ncnc3ccsc23)s1. The first-order chi connectivity index (χ1) is 12.8. The molecule has 26 heavy (non-hydrogen) atoms. The van der Waals surface area contributed by atoms with Crippen molar-refractivity contribution in [1.29, 1.82) is 0 Å². The van der Waals surface area contributed by atoms with Gasteiger partial charge in [-0.05, 0) is 35.3 Å². The highest BCUT2D eigenvalue weighted by molar-refractivity contribution is 8.01. The summed E-state index contributed by atoms with van der Waals surface area (Å²) in [5.74, 6) is 0.351. The summed E-state index contributed by atoms with van der Waals surface area (Å²) in [5.41, 5.74) is 0.906. The van der Waals surface area contributed by atoms with Gasteiger partial charge in [0.25, 0.3) is 5.91 Å². The first-order valence-corrected chi connectivity index (χ1v) is 9.96. The van der Waals surface area contributed by atoms with Crippen LogP contribution in [0.5, 0.6) is 5.75 Å². The van der Waals surface area contributed by atoms with E-state index in [0.29, 0.717) is 15.2 Å². The number of benzene rings is 1. The molecule has 3 aromatic heterocycles. The number of para-hydroxylation sites is 1. The average molecular weight is 401 g/mol. The first kappa shape index (κ1) is 16.9. The van der Waals surface area contributed by atoms with Crippen molar-refractivity contribution in [3.8, 4) is 5.75 Å². The number of carbonyl (C=O) groups is 1. The number of amides is 1. The normalized spacial score (nSPS) is 10.8. The van der Waals surface area contributed by atoms with Crippen molar-refractivity contribution in [2.24, 2.45) is 0 Å². The number of hydrogen-bond acceptors (Lipinski definition) is 9. The summed E-state index contributed by atoms with van der Waals surface area (Å²) in [7, 11) is 0. The number of nitrogens with zero attached hydrogens (tertiary/aromatic N) is 4. The van der Waals surface area contributed by atoms with Crippen LogP contribution < -0.4 is 10.1 Å². The molecule has 7 nitrogen and oxygen atoms in total. The van der Waals surface area contributed by atoms with Gasteiger partial charge in [-0.25, -0.2) is 9.97 Å². The van der Waals surface area contributed by atoms with Gasteiger partial charge in [0.15, 0.2) is 10.9 Å². The highest BCUT2D eigenvalue weighted by Crippen LogP contribution is 2.35. The van der Waals surface area contributed by atoms with E-state index in [9.17, 15) is 4.79 Å². The molecular weight excluding hydrogens is 390 g/mol. The van der Waals surface area contributed by atoms with Gasteiger partial charge in [-0.15, -0.1) is 21.5 Å². The number of thiophene rings is 1. The van der Waals surface area contributed by atoms with Crippen molar-refractivity contribution in [3.63, 3.8) is 0 Å². The molecule has 1 N–H and O–H groups in total. The summed E-state index contributed by atoms with van der Waals surface area (Å²) >= 11 is 4.27. The molecule has 0 aliphatic carbocycles. The van der Waals surface area contributed by atoms with Gasteiger partial charge >= 0.3 is 0 Å². The molecule has 1 aromatic carbocycles. The van der Waals surface area contributed by atoms with E-state index in [2.05, 4.69) is 25.5 Å². The van der Waals surface area contributed by atoms with E-state index in [0.717, 1.165) is 15.2 Å². The van der Waals surface area contributed by atoms with Gasteiger partial charge in [0.2, 0.25) is 5.13 Å². The molecule has 3 heterocycles. The van der Waals surface area contributed by atoms with Crippen LogP contribution in [-0.4, -0.2) is 32.7 Å². The molecule has 4 rings (SSSR count). The molecule has 0 saturated carbocycles. The molecule has 0 atom stereocenters. The van der Waals surface area contributed by atoms with Crippen molar-refractivity contribution < 1.29 is 9.53 Å². The molecule has 0 aliphatic heterocycles. The third-order valence-electron chi connectivity index (χ3n) is 3.16. The zero-order valence-electron chi connectivity index (χ0n) is 13.2. The maximum atomic E-state index is 12.0. The van der Waals surface area contributed by atoms with Gasteiger partial charge < -0.3 is 4.74 Å². The fourth-order valence-corrected chi connectivity index (χ4v) is 4.72. The third kappa shape index (κ3) is 3.98. The van der Waals surface area contributed by atoms with Gasteiger partial charge in [0, 0.05) is 0 Å².